The Kier molecular flexibility index (Phi) is 5.84. The van der Waals surface area contributed by atoms with Gasteiger partial charge in [0.15, 0.2) is 18.1 Å². The fourth-order valence-electron chi connectivity index (χ4n) is 3.09. The highest BCUT2D eigenvalue weighted by molar-refractivity contribution is 6.33. The van der Waals surface area contributed by atoms with E-state index in [1.54, 1.807) is 16.8 Å². The number of carbonyl (C=O) groups is 2. The smallest absolute Gasteiger partial charge is 0.359 e. The molecule has 0 unspecified atom stereocenters. The predicted octanol–water partition coefficient (Wildman–Crippen LogP) is 4.50. The van der Waals surface area contributed by atoms with E-state index >= 15 is 0 Å². The lowest BCUT2D eigenvalue weighted by atomic mass is 9.98. The maximum atomic E-state index is 12.5. The Bertz CT molecular complexity index is 1120. The Balaban J connectivity index is 1.79. The van der Waals surface area contributed by atoms with Crippen molar-refractivity contribution in [2.24, 2.45) is 0 Å². The molecular weight excluding hydrogens is 390 g/mol. The van der Waals surface area contributed by atoms with E-state index in [0.717, 1.165) is 28.1 Å². The topological polar surface area (TPSA) is 74.1 Å². The summed E-state index contributed by atoms with van der Waals surface area (Å²) in [7, 11) is 0. The van der Waals surface area contributed by atoms with Gasteiger partial charge in [0.2, 0.25) is 5.78 Å². The molecule has 2 heterocycles. The molecule has 29 heavy (non-hydrogen) atoms. The molecule has 7 heteroatoms. The first-order valence-corrected chi connectivity index (χ1v) is 9.53. The van der Waals surface area contributed by atoms with Crippen LogP contribution in [0, 0.1) is 34.6 Å². The summed E-state index contributed by atoms with van der Waals surface area (Å²) in [5.41, 5.74) is 5.14. The van der Waals surface area contributed by atoms with Crippen LogP contribution in [0.25, 0.3) is 5.82 Å². The summed E-state index contributed by atoms with van der Waals surface area (Å²) >= 11 is 6.14. The van der Waals surface area contributed by atoms with Crippen molar-refractivity contribution in [2.75, 3.05) is 6.61 Å². The van der Waals surface area contributed by atoms with Gasteiger partial charge in [0.05, 0.1) is 10.7 Å². The minimum Gasteiger partial charge on any atom is -0.453 e. The van der Waals surface area contributed by atoms with Gasteiger partial charge in [0, 0.05) is 11.3 Å². The monoisotopic (exact) mass is 411 g/mol. The number of hydrogen-bond acceptors (Lipinski definition) is 5. The molecule has 0 atom stereocenters. The van der Waals surface area contributed by atoms with E-state index in [2.05, 4.69) is 10.1 Å². The molecule has 2 aromatic heterocycles. The first kappa shape index (κ1) is 20.7. The molecule has 0 aliphatic heterocycles. The van der Waals surface area contributed by atoms with Crippen molar-refractivity contribution in [1.82, 2.24) is 14.8 Å². The van der Waals surface area contributed by atoms with Crippen molar-refractivity contribution in [1.29, 1.82) is 0 Å². The van der Waals surface area contributed by atoms with Gasteiger partial charge in [0.1, 0.15) is 0 Å². The summed E-state index contributed by atoms with van der Waals surface area (Å²) in [4.78, 5) is 29.4. The average molecular weight is 412 g/mol. The number of carbonyl (C=O) groups excluding carboxylic acids is 2. The molecule has 3 aromatic rings. The third-order valence-corrected chi connectivity index (χ3v) is 5.03. The van der Waals surface area contributed by atoms with Crippen LogP contribution in [0.2, 0.25) is 5.02 Å². The molecule has 0 amide bonds. The highest BCUT2D eigenvalue weighted by Gasteiger charge is 2.19. The van der Waals surface area contributed by atoms with E-state index in [4.69, 9.17) is 16.3 Å². The number of pyridine rings is 1. The van der Waals surface area contributed by atoms with Crippen LogP contribution in [0.3, 0.4) is 0 Å². The normalized spacial score (nSPS) is 10.8. The number of aromatic nitrogens is 3. The molecule has 0 saturated carbocycles. The number of hydrogen-bond donors (Lipinski definition) is 0. The minimum absolute atomic E-state index is 0.0543. The van der Waals surface area contributed by atoms with Gasteiger partial charge in [-0.3, -0.25) is 4.79 Å². The molecule has 0 radical (unpaired) electrons. The maximum absolute atomic E-state index is 12.5. The van der Waals surface area contributed by atoms with Gasteiger partial charge in [-0.15, -0.1) is 0 Å². The zero-order valence-electron chi connectivity index (χ0n) is 17.0. The van der Waals surface area contributed by atoms with E-state index < -0.39 is 5.97 Å². The van der Waals surface area contributed by atoms with Crippen molar-refractivity contribution in [3.05, 3.63) is 74.7 Å². The van der Waals surface area contributed by atoms with E-state index in [1.165, 1.54) is 0 Å². The lowest BCUT2D eigenvalue weighted by Gasteiger charge is -2.10. The maximum Gasteiger partial charge on any atom is 0.359 e. The van der Waals surface area contributed by atoms with Gasteiger partial charge in [-0.2, -0.15) is 5.10 Å². The highest BCUT2D eigenvalue weighted by Crippen LogP contribution is 2.20. The number of nitrogens with zero attached hydrogens (tertiary/aromatic N) is 3. The first-order valence-electron chi connectivity index (χ1n) is 9.15. The standard InChI is InChI=1S/C22H22ClN3O3/c1-12-8-14(3)17(9-13(12)2)19(27)11-29-22(28)21-18(23)6-7-20(24-21)26-16(5)10-15(4)25-26/h6-10H,11H2,1-5H3. The van der Waals surface area contributed by atoms with E-state index in [-0.39, 0.29) is 23.1 Å². The van der Waals surface area contributed by atoms with E-state index in [1.807, 2.05) is 52.8 Å². The lowest BCUT2D eigenvalue weighted by molar-refractivity contribution is 0.0469. The van der Waals surface area contributed by atoms with Crippen molar-refractivity contribution < 1.29 is 14.3 Å². The van der Waals surface area contributed by atoms with Crippen LogP contribution in [0.5, 0.6) is 0 Å². The highest BCUT2D eigenvalue weighted by atomic mass is 35.5. The number of Topliss-reactive ketones (excluding diaryl/α,β-unsaturated/α-hetero) is 1. The molecule has 0 aliphatic rings. The van der Waals surface area contributed by atoms with Gasteiger partial charge >= 0.3 is 5.97 Å². The molecular formula is C22H22ClN3O3. The molecule has 6 nitrogen and oxygen atoms in total. The van der Waals surface area contributed by atoms with Gasteiger partial charge in [0.25, 0.3) is 0 Å². The van der Waals surface area contributed by atoms with Crippen LogP contribution >= 0.6 is 11.6 Å². The van der Waals surface area contributed by atoms with Crippen LogP contribution in [-0.4, -0.2) is 33.1 Å². The second kappa shape index (κ2) is 8.17. The second-order valence-electron chi connectivity index (χ2n) is 7.09. The zero-order chi connectivity index (χ0) is 21.3. The molecule has 3 rings (SSSR count). The number of esters is 1. The van der Waals surface area contributed by atoms with E-state index in [9.17, 15) is 9.59 Å². The van der Waals surface area contributed by atoms with E-state index in [0.29, 0.717) is 11.4 Å². The van der Waals surface area contributed by atoms with Gasteiger partial charge in [-0.05, 0) is 75.6 Å². The molecule has 150 valence electrons. The Hall–Kier alpha value is -2.99. The van der Waals surface area contributed by atoms with Crippen molar-refractivity contribution >= 4 is 23.4 Å². The molecule has 0 fully saturated rings. The Morgan fingerprint density at radius 3 is 2.34 bits per heavy atom. The zero-order valence-corrected chi connectivity index (χ0v) is 17.8. The number of ketones is 1. The average Bonchev–Trinajstić information content (AvgIpc) is 3.01. The molecule has 0 saturated heterocycles. The number of aryl methyl sites for hydroxylation is 5. The largest absolute Gasteiger partial charge is 0.453 e. The van der Waals surface area contributed by atoms with Gasteiger partial charge in [-0.25, -0.2) is 14.5 Å². The SMILES string of the molecule is Cc1cc(C)n(-c2ccc(Cl)c(C(=O)OCC(=O)c3cc(C)c(C)cc3C)n2)n1. The van der Waals surface area contributed by atoms with Gasteiger partial charge < -0.3 is 4.74 Å². The fraction of sp³-hybridized carbons (Fsp3) is 0.273. The first-order chi connectivity index (χ1) is 13.7. The Morgan fingerprint density at radius 1 is 1.00 bits per heavy atom. The minimum atomic E-state index is -0.756. The molecule has 0 bridgehead atoms. The number of rotatable bonds is 5. The van der Waals surface area contributed by atoms with Crippen LogP contribution in [0.15, 0.2) is 30.3 Å². The summed E-state index contributed by atoms with van der Waals surface area (Å²) in [5, 5.41) is 4.50. The fourth-order valence-corrected chi connectivity index (χ4v) is 3.27. The molecule has 0 N–H and O–H groups in total. The third kappa shape index (κ3) is 4.38. The van der Waals surface area contributed by atoms with Crippen LogP contribution in [-0.2, 0) is 4.74 Å². The van der Waals surface area contributed by atoms with Crippen LogP contribution in [0.1, 0.15) is 48.9 Å². The van der Waals surface area contributed by atoms with Crippen molar-refractivity contribution in [3.8, 4) is 5.82 Å². The predicted molar refractivity (Wildman–Crippen MR) is 111 cm³/mol. The van der Waals surface area contributed by atoms with Gasteiger partial charge in [-0.1, -0.05) is 17.7 Å². The number of ether oxygens (including phenoxy) is 1. The summed E-state index contributed by atoms with van der Waals surface area (Å²) in [6.07, 6.45) is 0. The summed E-state index contributed by atoms with van der Waals surface area (Å²) in [6, 6.07) is 8.89. The Labute approximate surface area is 174 Å². The molecule has 0 aliphatic carbocycles. The summed E-state index contributed by atoms with van der Waals surface area (Å²) < 4.78 is 6.83. The van der Waals surface area contributed by atoms with Crippen molar-refractivity contribution in [2.45, 2.75) is 34.6 Å². The van der Waals surface area contributed by atoms with Crippen LogP contribution in [0.4, 0.5) is 0 Å². The second-order valence-corrected chi connectivity index (χ2v) is 7.50. The third-order valence-electron chi connectivity index (χ3n) is 4.73. The number of benzene rings is 1. The molecule has 0 spiro atoms. The lowest BCUT2D eigenvalue weighted by Crippen LogP contribution is -2.17. The quantitative estimate of drug-likeness (QED) is 0.456. The van der Waals surface area contributed by atoms with Crippen molar-refractivity contribution in [3.63, 3.8) is 0 Å². The Morgan fingerprint density at radius 2 is 1.69 bits per heavy atom. The molecule has 1 aromatic carbocycles. The summed E-state index contributed by atoms with van der Waals surface area (Å²) in [5.74, 6) is -0.582. The van der Waals surface area contributed by atoms with Crippen LogP contribution < -0.4 is 0 Å². The number of halogens is 1. The summed E-state index contributed by atoms with van der Waals surface area (Å²) in [6.45, 7) is 9.15.